The topological polar surface area (TPSA) is 74.7 Å². The summed E-state index contributed by atoms with van der Waals surface area (Å²) < 4.78 is 10.7. The number of methoxy groups -OCH3 is 1. The number of rotatable bonds is 9. The Balaban J connectivity index is 1.38. The van der Waals surface area contributed by atoms with Crippen LogP contribution in [0.3, 0.4) is 0 Å². The molecule has 0 aliphatic carbocycles. The van der Waals surface area contributed by atoms with Crippen LogP contribution in [0.5, 0.6) is 5.75 Å². The van der Waals surface area contributed by atoms with Crippen molar-refractivity contribution in [1.29, 1.82) is 0 Å². The van der Waals surface area contributed by atoms with Crippen molar-refractivity contribution < 1.29 is 19.1 Å². The van der Waals surface area contributed by atoms with Crippen LogP contribution in [0.25, 0.3) is 0 Å². The van der Waals surface area contributed by atoms with E-state index in [-0.39, 0.29) is 24.4 Å². The zero-order valence-electron chi connectivity index (χ0n) is 21.5. The number of amides is 2. The number of carbonyl (C=O) groups excluding carboxylic acids is 2. The van der Waals surface area contributed by atoms with Crippen molar-refractivity contribution in [3.63, 3.8) is 0 Å². The molecule has 3 aromatic rings. The van der Waals surface area contributed by atoms with Crippen LogP contribution in [-0.4, -0.2) is 85.4 Å². The van der Waals surface area contributed by atoms with Gasteiger partial charge in [0.05, 0.1) is 37.0 Å². The number of hydrogen-bond donors (Lipinski definition) is 0. The summed E-state index contributed by atoms with van der Waals surface area (Å²) in [6.07, 6.45) is 0.592. The van der Waals surface area contributed by atoms with Gasteiger partial charge >= 0.3 is 0 Å². The summed E-state index contributed by atoms with van der Waals surface area (Å²) in [7, 11) is 1.64. The smallest absolute Gasteiger partial charge is 0.264 e. The van der Waals surface area contributed by atoms with Gasteiger partial charge < -0.3 is 14.4 Å². The molecule has 8 nitrogen and oxygen atoms in total. The van der Waals surface area contributed by atoms with E-state index in [1.54, 1.807) is 17.0 Å². The summed E-state index contributed by atoms with van der Waals surface area (Å²) in [5, 5.41) is 8.24. The Kier molecular flexibility index (Phi) is 8.47. The molecule has 2 amide bonds. The summed E-state index contributed by atoms with van der Waals surface area (Å²) in [6.45, 7) is 4.14. The fourth-order valence-electron chi connectivity index (χ4n) is 4.76. The molecular weight excluding hydrogens is 500 g/mol. The van der Waals surface area contributed by atoms with Crippen LogP contribution in [0.2, 0.25) is 0 Å². The van der Waals surface area contributed by atoms with Gasteiger partial charge in [0.2, 0.25) is 0 Å². The van der Waals surface area contributed by atoms with Gasteiger partial charge in [-0.05, 0) is 46.8 Å². The molecule has 0 spiro atoms. The number of carbonyl (C=O) groups is 2. The average molecular weight is 533 g/mol. The highest BCUT2D eigenvalue weighted by molar-refractivity contribution is 7.12. The number of ether oxygens (including phenoxy) is 2. The molecule has 9 heteroatoms. The Hall–Kier alpha value is -3.53. The molecule has 0 bridgehead atoms. The van der Waals surface area contributed by atoms with E-state index in [9.17, 15) is 9.59 Å². The van der Waals surface area contributed by atoms with E-state index in [4.69, 9.17) is 14.6 Å². The van der Waals surface area contributed by atoms with Gasteiger partial charge in [-0.25, -0.2) is 5.01 Å². The second kappa shape index (κ2) is 12.3. The van der Waals surface area contributed by atoms with Gasteiger partial charge in [0.15, 0.2) is 0 Å². The minimum atomic E-state index is -0.237. The Labute approximate surface area is 227 Å². The van der Waals surface area contributed by atoms with Crippen molar-refractivity contribution in [2.24, 2.45) is 5.10 Å². The van der Waals surface area contributed by atoms with Crippen LogP contribution < -0.4 is 4.74 Å². The maximum absolute atomic E-state index is 13.8. The molecule has 0 saturated carbocycles. The predicted octanol–water partition coefficient (Wildman–Crippen LogP) is 3.91. The Morgan fingerprint density at radius 2 is 1.82 bits per heavy atom. The third kappa shape index (κ3) is 6.12. The normalized spacial score (nSPS) is 17.8. The van der Waals surface area contributed by atoms with Crippen molar-refractivity contribution in [2.45, 2.75) is 12.5 Å². The molecule has 1 atom stereocenters. The van der Waals surface area contributed by atoms with E-state index < -0.39 is 0 Å². The number of morpholine rings is 1. The third-order valence-corrected chi connectivity index (χ3v) is 7.77. The van der Waals surface area contributed by atoms with Gasteiger partial charge in [-0.2, -0.15) is 5.10 Å². The SMILES string of the molecule is COc1ccc(C2=NN(C(=O)CN(CCN3CCOCC3)C(=O)c3cccs3)C(c3ccccc3)C2)cc1. The van der Waals surface area contributed by atoms with E-state index >= 15 is 0 Å². The summed E-state index contributed by atoms with van der Waals surface area (Å²) in [5.41, 5.74) is 2.79. The summed E-state index contributed by atoms with van der Waals surface area (Å²) in [5.74, 6) is 0.438. The van der Waals surface area contributed by atoms with Crippen LogP contribution in [0.15, 0.2) is 77.2 Å². The largest absolute Gasteiger partial charge is 0.497 e. The van der Waals surface area contributed by atoms with E-state index in [0.29, 0.717) is 37.6 Å². The quantitative estimate of drug-likeness (QED) is 0.418. The molecule has 198 valence electrons. The lowest BCUT2D eigenvalue weighted by atomic mass is 9.98. The van der Waals surface area contributed by atoms with Crippen LogP contribution in [0.1, 0.15) is 33.3 Å². The van der Waals surface area contributed by atoms with Crippen molar-refractivity contribution in [3.05, 3.63) is 88.1 Å². The molecule has 1 saturated heterocycles. The lowest BCUT2D eigenvalue weighted by Gasteiger charge is -2.31. The number of thiophene rings is 1. The van der Waals surface area contributed by atoms with Crippen molar-refractivity contribution in [2.75, 3.05) is 53.0 Å². The first-order valence-corrected chi connectivity index (χ1v) is 13.7. The molecule has 0 radical (unpaired) electrons. The van der Waals surface area contributed by atoms with Gasteiger partial charge in [-0.1, -0.05) is 36.4 Å². The molecular formula is C29H32N4O4S. The standard InChI is InChI=1S/C29H32N4O4S/c1-36-24-11-9-22(10-12-24)25-20-26(23-6-3-2-4-7-23)33(30-25)28(34)21-32(29(35)27-8-5-19-38-27)14-13-31-15-17-37-18-16-31/h2-12,19,26H,13-18,20-21H2,1H3. The minimum absolute atomic E-state index is 0.0379. The molecule has 2 aliphatic heterocycles. The molecule has 2 aromatic carbocycles. The number of hydrazone groups is 1. The minimum Gasteiger partial charge on any atom is -0.497 e. The molecule has 0 N–H and O–H groups in total. The first-order valence-electron chi connectivity index (χ1n) is 12.8. The first kappa shape index (κ1) is 26.1. The van der Waals surface area contributed by atoms with Gasteiger partial charge in [-0.15, -0.1) is 11.3 Å². The predicted molar refractivity (Wildman–Crippen MR) is 148 cm³/mol. The monoisotopic (exact) mass is 532 g/mol. The Morgan fingerprint density at radius 3 is 2.50 bits per heavy atom. The van der Waals surface area contributed by atoms with Gasteiger partial charge in [0.25, 0.3) is 11.8 Å². The zero-order chi connectivity index (χ0) is 26.3. The maximum atomic E-state index is 13.8. The molecule has 38 heavy (non-hydrogen) atoms. The van der Waals surface area contributed by atoms with Gasteiger partial charge in [-0.3, -0.25) is 14.5 Å². The molecule has 3 heterocycles. The van der Waals surface area contributed by atoms with E-state index in [2.05, 4.69) is 4.90 Å². The molecule has 1 fully saturated rings. The first-order chi connectivity index (χ1) is 18.6. The summed E-state index contributed by atoms with van der Waals surface area (Å²) in [6, 6.07) is 21.1. The Morgan fingerprint density at radius 1 is 1.05 bits per heavy atom. The Bertz CT molecular complexity index is 1240. The van der Waals surface area contributed by atoms with E-state index in [1.807, 2.05) is 72.1 Å². The van der Waals surface area contributed by atoms with Gasteiger partial charge in [0.1, 0.15) is 12.3 Å². The van der Waals surface area contributed by atoms with Crippen molar-refractivity contribution >= 4 is 28.9 Å². The second-order valence-corrected chi connectivity index (χ2v) is 10.2. The van der Waals surface area contributed by atoms with Gasteiger partial charge in [0, 0.05) is 32.6 Å². The lowest BCUT2D eigenvalue weighted by Crippen LogP contribution is -2.46. The number of hydrogen-bond acceptors (Lipinski definition) is 7. The van der Waals surface area contributed by atoms with Crippen LogP contribution >= 0.6 is 11.3 Å². The van der Waals surface area contributed by atoms with Crippen LogP contribution in [-0.2, 0) is 9.53 Å². The average Bonchev–Trinajstić information content (AvgIpc) is 3.67. The third-order valence-electron chi connectivity index (χ3n) is 6.91. The van der Waals surface area contributed by atoms with E-state index in [1.165, 1.54) is 11.3 Å². The highest BCUT2D eigenvalue weighted by atomic mass is 32.1. The molecule has 2 aliphatic rings. The fraction of sp³-hybridized carbons (Fsp3) is 0.345. The van der Waals surface area contributed by atoms with E-state index in [0.717, 1.165) is 35.7 Å². The van der Waals surface area contributed by atoms with Crippen molar-refractivity contribution in [3.8, 4) is 5.75 Å². The van der Waals surface area contributed by atoms with Crippen LogP contribution in [0.4, 0.5) is 0 Å². The molecule has 5 rings (SSSR count). The summed E-state index contributed by atoms with van der Waals surface area (Å²) in [4.78, 5) is 31.8. The highest BCUT2D eigenvalue weighted by Gasteiger charge is 2.34. The summed E-state index contributed by atoms with van der Waals surface area (Å²) >= 11 is 1.39. The molecule has 1 aromatic heterocycles. The van der Waals surface area contributed by atoms with Crippen LogP contribution in [0, 0.1) is 0 Å². The number of nitrogens with zero attached hydrogens (tertiary/aromatic N) is 4. The second-order valence-electron chi connectivity index (χ2n) is 9.30. The maximum Gasteiger partial charge on any atom is 0.264 e. The van der Waals surface area contributed by atoms with Crippen molar-refractivity contribution in [1.82, 2.24) is 14.8 Å². The number of benzene rings is 2. The fourth-order valence-corrected chi connectivity index (χ4v) is 5.45. The zero-order valence-corrected chi connectivity index (χ0v) is 22.3. The molecule has 1 unspecified atom stereocenters. The highest BCUT2D eigenvalue weighted by Crippen LogP contribution is 2.33. The lowest BCUT2D eigenvalue weighted by molar-refractivity contribution is -0.133.